The zero-order valence-electron chi connectivity index (χ0n) is 26.3. The molecule has 2 aliphatic heterocycles. The predicted octanol–water partition coefficient (Wildman–Crippen LogP) is 7.26. The molecule has 0 bridgehead atoms. The molecule has 0 radical (unpaired) electrons. The van der Waals surface area contributed by atoms with E-state index in [0.717, 1.165) is 73.5 Å². The molecule has 7 nitrogen and oxygen atoms in total. The van der Waals surface area contributed by atoms with Crippen LogP contribution >= 0.6 is 0 Å². The maximum Gasteiger partial charge on any atom is 0.162 e. The molecule has 0 atom stereocenters. The molecule has 2 aliphatic rings. The molecule has 7 heteroatoms. The first-order chi connectivity index (χ1) is 19.9. The number of hydrogen-bond acceptors (Lipinski definition) is 6. The van der Waals surface area contributed by atoms with E-state index in [2.05, 4.69) is 84.9 Å². The van der Waals surface area contributed by atoms with Crippen molar-refractivity contribution in [3.05, 3.63) is 64.0 Å². The molecule has 41 heavy (non-hydrogen) atoms. The fourth-order valence-corrected chi connectivity index (χ4v) is 6.06. The van der Waals surface area contributed by atoms with Crippen LogP contribution in [0, 0.1) is 20.8 Å². The van der Waals surface area contributed by atoms with Crippen LogP contribution in [0.4, 0.5) is 11.5 Å². The van der Waals surface area contributed by atoms with Crippen LogP contribution in [-0.2, 0) is 13.0 Å². The maximum absolute atomic E-state index is 7.00. The molecule has 4 heterocycles. The molecule has 1 saturated heterocycles. The van der Waals surface area contributed by atoms with Crippen LogP contribution in [0.2, 0.25) is 0 Å². The molecule has 6 rings (SSSR count). The highest BCUT2D eigenvalue weighted by Crippen LogP contribution is 2.37. The number of nitrogens with zero attached hydrogens (tertiary/aromatic N) is 5. The van der Waals surface area contributed by atoms with Gasteiger partial charge in [-0.05, 0) is 74.8 Å². The van der Waals surface area contributed by atoms with Crippen LogP contribution in [0.5, 0.6) is 0 Å². The number of aliphatic hydroxyl groups excluding tert-OH is 1. The zero-order chi connectivity index (χ0) is 29.7. The molecule has 2 N–H and O–H groups in total. The minimum absolute atomic E-state index is 0.517. The summed E-state index contributed by atoms with van der Waals surface area (Å²) in [5, 5.41) is 15.8. The number of aromatic nitrogens is 4. The summed E-state index contributed by atoms with van der Waals surface area (Å²) in [5.41, 5.74) is 11.0. The first-order valence-corrected chi connectivity index (χ1v) is 15.3. The second kappa shape index (κ2) is 13.5. The van der Waals surface area contributed by atoms with Crippen LogP contribution in [0.1, 0.15) is 86.5 Å². The van der Waals surface area contributed by atoms with Gasteiger partial charge in [-0.1, -0.05) is 45.9 Å². The van der Waals surface area contributed by atoms with E-state index in [4.69, 9.17) is 15.1 Å². The Bertz CT molecular complexity index is 1470. The average Bonchev–Trinajstić information content (AvgIpc) is 3.39. The number of hydrogen-bond donors (Lipinski definition) is 2. The lowest BCUT2D eigenvalue weighted by molar-refractivity contribution is 0.399. The van der Waals surface area contributed by atoms with Crippen LogP contribution in [0.3, 0.4) is 0 Å². The van der Waals surface area contributed by atoms with Gasteiger partial charge in [-0.2, -0.15) is 5.10 Å². The molecule has 0 amide bonds. The van der Waals surface area contributed by atoms with Gasteiger partial charge in [0.05, 0.1) is 11.2 Å². The van der Waals surface area contributed by atoms with Gasteiger partial charge >= 0.3 is 0 Å². The van der Waals surface area contributed by atoms with E-state index in [-0.39, 0.29) is 0 Å². The number of aromatic amines is 1. The highest BCUT2D eigenvalue weighted by molar-refractivity contribution is 5.96. The van der Waals surface area contributed by atoms with Crippen molar-refractivity contribution in [3.8, 4) is 11.4 Å². The van der Waals surface area contributed by atoms with Crippen LogP contribution < -0.4 is 9.80 Å². The SMILES string of the molecule is CC.CO.Cc1ccc(C(C)C)cc1N1CCc2nc(-c3c(C)ccc4n[nH]c(C)c34)nc(N3CCCCC3)c2C1. The Balaban J connectivity index is 0.000000929. The van der Waals surface area contributed by atoms with Gasteiger partial charge in [-0.15, -0.1) is 0 Å². The highest BCUT2D eigenvalue weighted by Gasteiger charge is 2.28. The first kappa shape index (κ1) is 30.5. The Kier molecular flexibility index (Phi) is 10.0. The molecule has 0 aliphatic carbocycles. The van der Waals surface area contributed by atoms with E-state index in [1.54, 1.807) is 0 Å². The van der Waals surface area contributed by atoms with Gasteiger partial charge in [0.15, 0.2) is 5.82 Å². The number of anilines is 2. The minimum Gasteiger partial charge on any atom is -0.400 e. The molecule has 0 spiro atoms. The summed E-state index contributed by atoms with van der Waals surface area (Å²) in [7, 11) is 1.00. The van der Waals surface area contributed by atoms with E-state index in [1.807, 2.05) is 13.8 Å². The summed E-state index contributed by atoms with van der Waals surface area (Å²) in [6.07, 6.45) is 4.68. The van der Waals surface area contributed by atoms with E-state index in [1.165, 1.54) is 52.9 Å². The molecule has 4 aromatic rings. The van der Waals surface area contributed by atoms with Crippen molar-refractivity contribution in [1.29, 1.82) is 0 Å². The van der Waals surface area contributed by atoms with E-state index >= 15 is 0 Å². The van der Waals surface area contributed by atoms with Gasteiger partial charge in [0.25, 0.3) is 0 Å². The van der Waals surface area contributed by atoms with Crippen molar-refractivity contribution in [2.75, 3.05) is 36.5 Å². The fourth-order valence-electron chi connectivity index (χ4n) is 6.06. The molecule has 0 saturated carbocycles. The third-order valence-electron chi connectivity index (χ3n) is 8.27. The highest BCUT2D eigenvalue weighted by atomic mass is 16.2. The smallest absolute Gasteiger partial charge is 0.162 e. The topological polar surface area (TPSA) is 81.2 Å². The van der Waals surface area contributed by atoms with Gasteiger partial charge in [-0.3, -0.25) is 5.10 Å². The van der Waals surface area contributed by atoms with Gasteiger partial charge in [-0.25, -0.2) is 9.97 Å². The van der Waals surface area contributed by atoms with Crippen LogP contribution in [0.25, 0.3) is 22.3 Å². The first-order valence-electron chi connectivity index (χ1n) is 15.3. The number of rotatable bonds is 4. The number of fused-ring (bicyclic) bond motifs is 2. The number of aryl methyl sites for hydroxylation is 3. The number of benzene rings is 2. The van der Waals surface area contributed by atoms with Crippen molar-refractivity contribution in [2.24, 2.45) is 0 Å². The van der Waals surface area contributed by atoms with Crippen molar-refractivity contribution in [2.45, 2.75) is 86.6 Å². The van der Waals surface area contributed by atoms with Gasteiger partial charge in [0.2, 0.25) is 0 Å². The Hall–Kier alpha value is -3.45. The second-order valence-corrected chi connectivity index (χ2v) is 11.2. The molecule has 1 fully saturated rings. The van der Waals surface area contributed by atoms with Gasteiger partial charge in [0, 0.05) is 67.6 Å². The zero-order valence-corrected chi connectivity index (χ0v) is 26.3. The summed E-state index contributed by atoms with van der Waals surface area (Å²) in [5.74, 6) is 2.50. The van der Waals surface area contributed by atoms with Gasteiger partial charge < -0.3 is 14.9 Å². The lowest BCUT2D eigenvalue weighted by Crippen LogP contribution is -2.36. The maximum atomic E-state index is 7.00. The lowest BCUT2D eigenvalue weighted by atomic mass is 9.97. The molecule has 220 valence electrons. The molecule has 2 aromatic heterocycles. The minimum atomic E-state index is 0.517. The molecular weight excluding hydrogens is 508 g/mol. The van der Waals surface area contributed by atoms with Crippen LogP contribution in [0.15, 0.2) is 30.3 Å². The van der Waals surface area contributed by atoms with Gasteiger partial charge in [0.1, 0.15) is 5.82 Å². The standard InChI is InChI=1S/C31H38N6.C2H6.CH4O/c1-19(2)23-11-9-20(3)27(17-23)37-16-13-25-24(18-37)31(36-14-7-6-8-15-36)33-30(32-25)28-21(4)10-12-26-29(28)22(5)34-35-26;2*1-2/h9-12,17,19H,6-8,13-16,18H2,1-5H3,(H,34,35);1-2H3;2H,1H3. The number of H-pyrrole nitrogens is 1. The average molecular weight is 557 g/mol. The van der Waals surface area contributed by atoms with E-state index in [9.17, 15) is 0 Å². The molecular formula is C34H48N6O. The van der Waals surface area contributed by atoms with Crippen LogP contribution in [-0.4, -0.2) is 52.0 Å². The Morgan fingerprint density at radius 3 is 2.27 bits per heavy atom. The third-order valence-corrected chi connectivity index (χ3v) is 8.27. The predicted molar refractivity (Wildman–Crippen MR) is 172 cm³/mol. The molecule has 2 aromatic carbocycles. The van der Waals surface area contributed by atoms with E-state index < -0.39 is 0 Å². The van der Waals surface area contributed by atoms with Crippen molar-refractivity contribution in [1.82, 2.24) is 20.2 Å². The number of aliphatic hydroxyl groups is 1. The largest absolute Gasteiger partial charge is 0.400 e. The lowest BCUT2D eigenvalue weighted by Gasteiger charge is -2.36. The van der Waals surface area contributed by atoms with E-state index in [0.29, 0.717) is 5.92 Å². The summed E-state index contributed by atoms with van der Waals surface area (Å²) in [4.78, 5) is 15.7. The number of nitrogens with one attached hydrogen (secondary N) is 1. The summed E-state index contributed by atoms with van der Waals surface area (Å²) in [6, 6.07) is 11.2. The summed E-state index contributed by atoms with van der Waals surface area (Å²) < 4.78 is 0. The quantitative estimate of drug-likeness (QED) is 0.275. The third kappa shape index (κ3) is 6.10. The van der Waals surface area contributed by atoms with Crippen molar-refractivity contribution in [3.63, 3.8) is 0 Å². The Morgan fingerprint density at radius 1 is 0.854 bits per heavy atom. The Morgan fingerprint density at radius 2 is 1.56 bits per heavy atom. The Labute approximate surface area is 246 Å². The number of piperidine rings is 1. The monoisotopic (exact) mass is 556 g/mol. The fraction of sp³-hybridized carbons (Fsp3) is 0.500. The van der Waals surface area contributed by atoms with Crippen molar-refractivity contribution >= 4 is 22.4 Å². The summed E-state index contributed by atoms with van der Waals surface area (Å²) >= 11 is 0. The normalized spacial score (nSPS) is 14.8. The second-order valence-electron chi connectivity index (χ2n) is 11.2. The van der Waals surface area contributed by atoms with Crippen molar-refractivity contribution < 1.29 is 5.11 Å². The summed E-state index contributed by atoms with van der Waals surface area (Å²) in [6.45, 7) is 19.0. The molecule has 0 unspecified atom stereocenters.